The Labute approximate surface area is 142 Å². The molecule has 2 heterocycles. The van der Waals surface area contributed by atoms with Crippen LogP contribution >= 0.6 is 11.3 Å². The van der Waals surface area contributed by atoms with Gasteiger partial charge in [-0.2, -0.15) is 5.26 Å². The maximum atomic E-state index is 12.2. The summed E-state index contributed by atoms with van der Waals surface area (Å²) >= 11 is 1.60. The molecule has 1 atom stereocenters. The molecule has 0 bridgehead atoms. The normalized spacial score (nSPS) is 18.0. The first kappa shape index (κ1) is 17.8. The van der Waals surface area contributed by atoms with E-state index in [1.165, 1.54) is 0 Å². The summed E-state index contributed by atoms with van der Waals surface area (Å²) in [7, 11) is 0. The van der Waals surface area contributed by atoms with E-state index in [1.54, 1.807) is 11.3 Å². The van der Waals surface area contributed by atoms with E-state index in [0.717, 1.165) is 49.3 Å². The number of amides is 1. The molecule has 5 nitrogen and oxygen atoms in total. The van der Waals surface area contributed by atoms with Gasteiger partial charge >= 0.3 is 6.09 Å². The van der Waals surface area contributed by atoms with Crippen molar-refractivity contribution in [2.24, 2.45) is 0 Å². The Balaban J connectivity index is 1.74. The van der Waals surface area contributed by atoms with Crippen molar-refractivity contribution in [2.45, 2.75) is 58.2 Å². The average molecular weight is 335 g/mol. The third-order valence-corrected chi connectivity index (χ3v) is 4.68. The Bertz CT molecular complexity index is 571. The van der Waals surface area contributed by atoms with Crippen molar-refractivity contribution in [2.75, 3.05) is 13.1 Å². The zero-order valence-electron chi connectivity index (χ0n) is 14.1. The Morgan fingerprint density at radius 3 is 3.00 bits per heavy atom. The van der Waals surface area contributed by atoms with Gasteiger partial charge in [0.25, 0.3) is 0 Å². The molecule has 126 valence electrons. The van der Waals surface area contributed by atoms with E-state index in [-0.39, 0.29) is 12.1 Å². The first-order valence-electron chi connectivity index (χ1n) is 8.07. The number of nitrogens with zero attached hydrogens (tertiary/aromatic N) is 2. The minimum Gasteiger partial charge on any atom is -0.444 e. The van der Waals surface area contributed by atoms with Crippen LogP contribution in [0.4, 0.5) is 4.79 Å². The molecule has 23 heavy (non-hydrogen) atoms. The summed E-state index contributed by atoms with van der Waals surface area (Å²) in [5.41, 5.74) is 0.277. The van der Waals surface area contributed by atoms with Gasteiger partial charge in [0.1, 0.15) is 11.7 Å². The molecule has 1 aromatic rings. The van der Waals surface area contributed by atoms with Gasteiger partial charge in [0.15, 0.2) is 0 Å². The first-order chi connectivity index (χ1) is 10.9. The van der Waals surface area contributed by atoms with Gasteiger partial charge in [0.2, 0.25) is 0 Å². The van der Waals surface area contributed by atoms with E-state index >= 15 is 0 Å². The quantitative estimate of drug-likeness (QED) is 0.837. The third-order valence-electron chi connectivity index (χ3n) is 3.74. The highest BCUT2D eigenvalue weighted by Gasteiger charge is 2.31. The second-order valence-electron chi connectivity index (χ2n) is 6.85. The van der Waals surface area contributed by atoms with Crippen LogP contribution in [-0.4, -0.2) is 35.7 Å². The van der Waals surface area contributed by atoms with Crippen molar-refractivity contribution in [1.29, 1.82) is 5.26 Å². The van der Waals surface area contributed by atoms with E-state index < -0.39 is 5.60 Å². The standard InChI is InChI=1S/C17H25N3O2S/c1-17(2,3)22-16(21)20-8-4-5-14(20)6-7-19-11-15-9-13(10-18)12-23-15/h9,12,14,19H,4-8,11H2,1-3H3. The van der Waals surface area contributed by atoms with E-state index in [0.29, 0.717) is 0 Å². The Hall–Kier alpha value is -1.58. The fourth-order valence-corrected chi connectivity index (χ4v) is 3.49. The lowest BCUT2D eigenvalue weighted by Gasteiger charge is -2.28. The fourth-order valence-electron chi connectivity index (χ4n) is 2.71. The topological polar surface area (TPSA) is 65.4 Å². The van der Waals surface area contributed by atoms with Crippen molar-refractivity contribution < 1.29 is 9.53 Å². The predicted octanol–water partition coefficient (Wildman–Crippen LogP) is 3.50. The minimum absolute atomic E-state index is 0.197. The van der Waals surface area contributed by atoms with Crippen LogP contribution in [0.25, 0.3) is 0 Å². The molecule has 1 N–H and O–H groups in total. The summed E-state index contributed by atoms with van der Waals surface area (Å²) in [6.45, 7) is 8.10. The van der Waals surface area contributed by atoms with Crippen LogP contribution in [-0.2, 0) is 11.3 Å². The van der Waals surface area contributed by atoms with E-state index in [2.05, 4.69) is 11.4 Å². The molecule has 1 aliphatic heterocycles. The van der Waals surface area contributed by atoms with Crippen LogP contribution in [0.2, 0.25) is 0 Å². The molecule has 0 aromatic carbocycles. The number of ether oxygens (including phenoxy) is 1. The lowest BCUT2D eigenvalue weighted by Crippen LogP contribution is -2.40. The summed E-state index contributed by atoms with van der Waals surface area (Å²) in [6.07, 6.45) is 2.81. The van der Waals surface area contributed by atoms with Crippen molar-refractivity contribution >= 4 is 17.4 Å². The number of thiophene rings is 1. The van der Waals surface area contributed by atoms with E-state index in [4.69, 9.17) is 10.00 Å². The number of hydrogen-bond acceptors (Lipinski definition) is 5. The van der Waals surface area contributed by atoms with Gasteiger partial charge in [-0.15, -0.1) is 11.3 Å². The number of carbonyl (C=O) groups excluding carboxylic acids is 1. The second-order valence-corrected chi connectivity index (χ2v) is 7.84. The van der Waals surface area contributed by atoms with Gasteiger partial charge in [-0.05, 0) is 52.6 Å². The fraction of sp³-hybridized carbons (Fsp3) is 0.647. The zero-order chi connectivity index (χ0) is 16.9. The maximum absolute atomic E-state index is 12.2. The maximum Gasteiger partial charge on any atom is 0.410 e. The molecule has 0 aliphatic carbocycles. The van der Waals surface area contributed by atoms with Gasteiger partial charge in [0, 0.05) is 29.4 Å². The molecule has 1 fully saturated rings. The molecule has 1 saturated heterocycles. The summed E-state index contributed by atoms with van der Waals surface area (Å²) in [6, 6.07) is 4.32. The Morgan fingerprint density at radius 2 is 2.35 bits per heavy atom. The first-order valence-corrected chi connectivity index (χ1v) is 8.95. The van der Waals surface area contributed by atoms with Gasteiger partial charge in [-0.25, -0.2) is 4.79 Å². The van der Waals surface area contributed by atoms with Crippen LogP contribution in [0, 0.1) is 11.3 Å². The van der Waals surface area contributed by atoms with Crippen LogP contribution in [0.15, 0.2) is 11.4 Å². The highest BCUT2D eigenvalue weighted by Crippen LogP contribution is 2.22. The van der Waals surface area contributed by atoms with Gasteiger partial charge in [-0.3, -0.25) is 0 Å². The zero-order valence-corrected chi connectivity index (χ0v) is 14.9. The van der Waals surface area contributed by atoms with Crippen LogP contribution in [0.1, 0.15) is 50.5 Å². The summed E-state index contributed by atoms with van der Waals surface area (Å²) in [4.78, 5) is 15.2. The Kier molecular flexibility index (Phi) is 6.03. The number of hydrogen-bond donors (Lipinski definition) is 1. The van der Waals surface area contributed by atoms with Gasteiger partial charge in [0.05, 0.1) is 5.56 Å². The molecule has 0 saturated carbocycles. The van der Waals surface area contributed by atoms with Crippen LogP contribution in [0.5, 0.6) is 0 Å². The molecule has 0 spiro atoms. The lowest BCUT2D eigenvalue weighted by atomic mass is 10.1. The van der Waals surface area contributed by atoms with Crippen molar-refractivity contribution in [3.05, 3.63) is 21.9 Å². The molecule has 1 aliphatic rings. The van der Waals surface area contributed by atoms with Gasteiger partial charge < -0.3 is 15.0 Å². The largest absolute Gasteiger partial charge is 0.444 e. The monoisotopic (exact) mass is 335 g/mol. The average Bonchev–Trinajstić information content (AvgIpc) is 3.10. The van der Waals surface area contributed by atoms with E-state index in [9.17, 15) is 4.79 Å². The number of likely N-dealkylation sites (tertiary alicyclic amines) is 1. The Morgan fingerprint density at radius 1 is 1.57 bits per heavy atom. The van der Waals surface area contributed by atoms with Crippen molar-refractivity contribution in [3.8, 4) is 6.07 Å². The molecule has 1 aromatic heterocycles. The highest BCUT2D eigenvalue weighted by molar-refractivity contribution is 7.10. The lowest BCUT2D eigenvalue weighted by molar-refractivity contribution is 0.0221. The van der Waals surface area contributed by atoms with Gasteiger partial charge in [-0.1, -0.05) is 0 Å². The predicted molar refractivity (Wildman–Crippen MR) is 91.3 cm³/mol. The molecular weight excluding hydrogens is 310 g/mol. The number of nitrogens with one attached hydrogen (secondary N) is 1. The minimum atomic E-state index is -0.444. The molecule has 1 unspecified atom stereocenters. The summed E-state index contributed by atoms with van der Waals surface area (Å²) < 4.78 is 5.48. The van der Waals surface area contributed by atoms with Crippen LogP contribution < -0.4 is 5.32 Å². The van der Waals surface area contributed by atoms with Crippen molar-refractivity contribution in [3.63, 3.8) is 0 Å². The molecule has 1 amide bonds. The molecule has 0 radical (unpaired) electrons. The number of carbonyl (C=O) groups is 1. The molecule has 6 heteroatoms. The molecule has 2 rings (SSSR count). The summed E-state index contributed by atoms with van der Waals surface area (Å²) in [5.74, 6) is 0. The molecular formula is C17H25N3O2S. The van der Waals surface area contributed by atoms with E-state index in [1.807, 2.05) is 37.1 Å². The third kappa shape index (κ3) is 5.52. The number of rotatable bonds is 5. The van der Waals surface area contributed by atoms with Crippen LogP contribution in [0.3, 0.4) is 0 Å². The summed E-state index contributed by atoms with van der Waals surface area (Å²) in [5, 5.41) is 14.1. The SMILES string of the molecule is CC(C)(C)OC(=O)N1CCCC1CCNCc1cc(C#N)cs1. The van der Waals surface area contributed by atoms with Crippen molar-refractivity contribution in [1.82, 2.24) is 10.2 Å². The smallest absolute Gasteiger partial charge is 0.410 e. The highest BCUT2D eigenvalue weighted by atomic mass is 32.1. The second kappa shape index (κ2) is 7.80. The number of nitriles is 1.